The Kier molecular flexibility index (Phi) is 5.12. The second-order valence-electron chi connectivity index (χ2n) is 4.38. The summed E-state index contributed by atoms with van der Waals surface area (Å²) >= 11 is 0. The number of aromatic carboxylic acids is 1. The monoisotopic (exact) mass is 292 g/mol. The van der Waals surface area contributed by atoms with Crippen molar-refractivity contribution in [2.75, 3.05) is 0 Å². The third kappa shape index (κ3) is 3.37. The molecule has 0 bridgehead atoms. The van der Waals surface area contributed by atoms with Gasteiger partial charge in [0.05, 0.1) is 16.6 Å². The fraction of sp³-hybridized carbons (Fsp3) is 0.0667. The average Bonchev–Trinajstić information content (AvgIpc) is 2.81. The van der Waals surface area contributed by atoms with Crippen LogP contribution in [-0.4, -0.2) is 21.0 Å². The SMILES string of the molecule is O=C(O)c1ccc(Cc2nc3ccccc3[nH]2)cc1.[H-].[K+]. The van der Waals surface area contributed by atoms with Gasteiger partial charge in [0.1, 0.15) is 5.82 Å². The predicted octanol–water partition coefficient (Wildman–Crippen LogP) is -0.0316. The second kappa shape index (κ2) is 6.65. The standard InChI is InChI=1S/C15H12N2O2.K.H/c18-15(19)11-7-5-10(6-8-11)9-14-16-12-3-1-2-4-13(12)17-14;;/h1-8H,9H2,(H,16,17)(H,18,19);;/q;+1;-1. The molecular weight excluding hydrogens is 279 g/mol. The van der Waals surface area contributed by atoms with Gasteiger partial charge < -0.3 is 11.5 Å². The second-order valence-corrected chi connectivity index (χ2v) is 4.38. The minimum Gasteiger partial charge on any atom is -1.00 e. The van der Waals surface area contributed by atoms with Gasteiger partial charge in [-0.25, -0.2) is 9.78 Å². The summed E-state index contributed by atoms with van der Waals surface area (Å²) < 4.78 is 0. The zero-order chi connectivity index (χ0) is 13.2. The third-order valence-electron chi connectivity index (χ3n) is 3.01. The summed E-state index contributed by atoms with van der Waals surface area (Å²) in [4.78, 5) is 18.5. The number of hydrogen-bond acceptors (Lipinski definition) is 2. The minimum absolute atomic E-state index is 0. The van der Waals surface area contributed by atoms with Crippen molar-refractivity contribution in [3.8, 4) is 0 Å². The molecule has 3 aromatic rings. The van der Waals surface area contributed by atoms with Crippen molar-refractivity contribution in [2.45, 2.75) is 6.42 Å². The van der Waals surface area contributed by atoms with Crippen LogP contribution in [0.25, 0.3) is 11.0 Å². The number of carboxylic acid groups (broad SMARTS) is 1. The maximum atomic E-state index is 10.8. The molecule has 5 heteroatoms. The summed E-state index contributed by atoms with van der Waals surface area (Å²) in [5, 5.41) is 8.84. The van der Waals surface area contributed by atoms with Crippen molar-refractivity contribution < 1.29 is 62.7 Å². The van der Waals surface area contributed by atoms with Crippen molar-refractivity contribution in [2.24, 2.45) is 0 Å². The molecule has 0 saturated carbocycles. The Bertz CT molecular complexity index is 708. The number of aromatic nitrogens is 2. The van der Waals surface area contributed by atoms with E-state index in [1.807, 2.05) is 36.4 Å². The number of carbonyl (C=O) groups is 1. The molecule has 0 unspecified atom stereocenters. The number of carboxylic acids is 1. The van der Waals surface area contributed by atoms with Crippen LogP contribution in [0, 0.1) is 0 Å². The number of H-pyrrole nitrogens is 1. The normalized spacial score (nSPS) is 10.2. The molecule has 4 nitrogen and oxygen atoms in total. The maximum absolute atomic E-state index is 10.8. The van der Waals surface area contributed by atoms with Gasteiger partial charge in [0.15, 0.2) is 0 Å². The minimum atomic E-state index is -0.907. The summed E-state index contributed by atoms with van der Waals surface area (Å²) in [6, 6.07) is 14.7. The van der Waals surface area contributed by atoms with E-state index in [9.17, 15) is 4.79 Å². The molecular formula is C15H13KN2O2. The summed E-state index contributed by atoms with van der Waals surface area (Å²) in [5.74, 6) is -0.0282. The zero-order valence-electron chi connectivity index (χ0n) is 12.1. The molecule has 0 atom stereocenters. The number of para-hydroxylation sites is 2. The number of fused-ring (bicyclic) bond motifs is 1. The number of imidazole rings is 1. The molecule has 1 heterocycles. The molecule has 0 saturated heterocycles. The van der Waals surface area contributed by atoms with Crippen molar-refractivity contribution in [1.82, 2.24) is 9.97 Å². The van der Waals surface area contributed by atoms with Gasteiger partial charge in [0, 0.05) is 6.42 Å². The van der Waals surface area contributed by atoms with Crippen LogP contribution in [0.1, 0.15) is 23.2 Å². The number of hydrogen-bond donors (Lipinski definition) is 2. The van der Waals surface area contributed by atoms with Crippen LogP contribution >= 0.6 is 0 Å². The summed E-state index contributed by atoms with van der Waals surface area (Å²) in [5.41, 5.74) is 3.29. The van der Waals surface area contributed by atoms with Crippen molar-refractivity contribution in [1.29, 1.82) is 0 Å². The number of benzene rings is 2. The van der Waals surface area contributed by atoms with Gasteiger partial charge in [-0.15, -0.1) is 0 Å². The van der Waals surface area contributed by atoms with Gasteiger partial charge >= 0.3 is 57.4 Å². The fourth-order valence-electron chi connectivity index (χ4n) is 2.05. The first-order valence-corrected chi connectivity index (χ1v) is 5.98. The smallest absolute Gasteiger partial charge is 1.00 e. The van der Waals surface area contributed by atoms with Crippen LogP contribution in [0.4, 0.5) is 0 Å². The van der Waals surface area contributed by atoms with Crippen LogP contribution in [0.5, 0.6) is 0 Å². The number of rotatable bonds is 3. The first-order chi connectivity index (χ1) is 9.22. The number of nitrogens with zero attached hydrogens (tertiary/aromatic N) is 1. The van der Waals surface area contributed by atoms with E-state index in [1.54, 1.807) is 12.1 Å². The van der Waals surface area contributed by atoms with E-state index in [4.69, 9.17) is 5.11 Å². The number of aromatic amines is 1. The quantitative estimate of drug-likeness (QED) is 0.666. The Labute approximate surface area is 160 Å². The first kappa shape index (κ1) is 15.4. The molecule has 3 rings (SSSR count). The predicted molar refractivity (Wildman–Crippen MR) is 73.4 cm³/mol. The molecule has 0 aliphatic carbocycles. The average molecular weight is 292 g/mol. The van der Waals surface area contributed by atoms with Crippen LogP contribution in [0.15, 0.2) is 48.5 Å². The van der Waals surface area contributed by atoms with Gasteiger partial charge in [-0.1, -0.05) is 24.3 Å². The number of nitrogens with one attached hydrogen (secondary N) is 1. The Morgan fingerprint density at radius 3 is 2.50 bits per heavy atom. The van der Waals surface area contributed by atoms with E-state index in [-0.39, 0.29) is 52.8 Å². The summed E-state index contributed by atoms with van der Waals surface area (Å²) in [6.45, 7) is 0. The van der Waals surface area contributed by atoms with Crippen LogP contribution in [0.3, 0.4) is 0 Å². The fourth-order valence-corrected chi connectivity index (χ4v) is 2.05. The third-order valence-corrected chi connectivity index (χ3v) is 3.01. The van der Waals surface area contributed by atoms with Crippen LogP contribution in [0.2, 0.25) is 0 Å². The van der Waals surface area contributed by atoms with Gasteiger partial charge in [-0.05, 0) is 29.8 Å². The molecule has 1 aromatic heterocycles. The Hall–Kier alpha value is -0.984. The van der Waals surface area contributed by atoms with Gasteiger partial charge in [-0.3, -0.25) is 0 Å². The maximum Gasteiger partial charge on any atom is 1.00 e. The van der Waals surface area contributed by atoms with Gasteiger partial charge in [0.2, 0.25) is 0 Å². The summed E-state index contributed by atoms with van der Waals surface area (Å²) in [7, 11) is 0. The van der Waals surface area contributed by atoms with E-state index in [0.717, 1.165) is 22.4 Å². The Balaban J connectivity index is 0.00000110. The molecule has 20 heavy (non-hydrogen) atoms. The van der Waals surface area contributed by atoms with Crippen LogP contribution < -0.4 is 51.4 Å². The Morgan fingerprint density at radius 2 is 1.85 bits per heavy atom. The van der Waals surface area contributed by atoms with E-state index in [2.05, 4.69) is 9.97 Å². The largest absolute Gasteiger partial charge is 1.00 e. The van der Waals surface area contributed by atoms with Crippen LogP contribution in [-0.2, 0) is 6.42 Å². The van der Waals surface area contributed by atoms with E-state index in [1.165, 1.54) is 0 Å². The molecule has 0 spiro atoms. The van der Waals surface area contributed by atoms with Crippen molar-refractivity contribution >= 4 is 17.0 Å². The molecule has 0 amide bonds. The van der Waals surface area contributed by atoms with Crippen molar-refractivity contribution in [3.05, 3.63) is 65.5 Å². The first-order valence-electron chi connectivity index (χ1n) is 5.98. The van der Waals surface area contributed by atoms with Gasteiger partial charge in [0.25, 0.3) is 0 Å². The molecule has 0 aliphatic heterocycles. The molecule has 0 aliphatic rings. The topological polar surface area (TPSA) is 66.0 Å². The molecule has 0 radical (unpaired) electrons. The molecule has 2 N–H and O–H groups in total. The van der Waals surface area contributed by atoms with E-state index in [0.29, 0.717) is 12.0 Å². The molecule has 96 valence electrons. The van der Waals surface area contributed by atoms with E-state index >= 15 is 0 Å². The van der Waals surface area contributed by atoms with Gasteiger partial charge in [-0.2, -0.15) is 0 Å². The van der Waals surface area contributed by atoms with Crippen molar-refractivity contribution in [3.63, 3.8) is 0 Å². The zero-order valence-corrected chi connectivity index (χ0v) is 14.3. The molecule has 2 aromatic carbocycles. The summed E-state index contributed by atoms with van der Waals surface area (Å²) in [6.07, 6.45) is 0.661. The molecule has 0 fully saturated rings. The van der Waals surface area contributed by atoms with E-state index < -0.39 is 5.97 Å². The Morgan fingerprint density at radius 1 is 1.15 bits per heavy atom.